The second-order valence-electron chi connectivity index (χ2n) is 5.00. The van der Waals surface area contributed by atoms with Crippen molar-refractivity contribution < 1.29 is 24.7 Å². The van der Waals surface area contributed by atoms with E-state index in [1.54, 1.807) is 0 Å². The van der Waals surface area contributed by atoms with Gasteiger partial charge >= 0.3 is 5.97 Å². The van der Waals surface area contributed by atoms with Gasteiger partial charge in [-0.1, -0.05) is 12.1 Å². The van der Waals surface area contributed by atoms with Crippen molar-refractivity contribution in [2.45, 2.75) is 18.6 Å². The topological polar surface area (TPSA) is 122 Å². The maximum atomic E-state index is 11.2. The van der Waals surface area contributed by atoms with E-state index < -0.39 is 22.2 Å². The molecule has 1 aromatic carbocycles. The molecule has 1 aromatic rings. The molecule has 2 rings (SSSR count). The maximum Gasteiger partial charge on any atom is 0.343 e. The molecule has 1 atom stereocenters. The quantitative estimate of drug-likeness (QED) is 0.517. The molecule has 0 spiro atoms. The summed E-state index contributed by atoms with van der Waals surface area (Å²) >= 11 is 0. The van der Waals surface area contributed by atoms with Gasteiger partial charge in [0, 0.05) is 32.2 Å². The zero-order valence-corrected chi connectivity index (χ0v) is 11.2. The van der Waals surface area contributed by atoms with Crippen molar-refractivity contribution >= 4 is 11.7 Å². The standard InChI is InChI=1S/C13H16N2O6/c16-12(17)11-9(2-1-3-10(11)15(19)20)6-14-7-13(18)4-5-21-8-13/h1-3,14,18H,4-8H2,(H,16,17). The number of aromatic carboxylic acids is 1. The highest BCUT2D eigenvalue weighted by molar-refractivity contribution is 5.94. The molecular formula is C13H16N2O6. The third kappa shape index (κ3) is 3.54. The number of nitrogens with one attached hydrogen (secondary N) is 1. The molecule has 8 nitrogen and oxygen atoms in total. The first-order chi connectivity index (χ1) is 9.93. The predicted molar refractivity (Wildman–Crippen MR) is 72.1 cm³/mol. The Morgan fingerprint density at radius 2 is 2.29 bits per heavy atom. The number of carbonyl (C=O) groups is 1. The van der Waals surface area contributed by atoms with Crippen LogP contribution >= 0.6 is 0 Å². The summed E-state index contributed by atoms with van der Waals surface area (Å²) in [7, 11) is 0. The molecule has 0 aromatic heterocycles. The number of benzene rings is 1. The minimum Gasteiger partial charge on any atom is -0.477 e. The largest absolute Gasteiger partial charge is 0.477 e. The first-order valence-corrected chi connectivity index (χ1v) is 6.43. The summed E-state index contributed by atoms with van der Waals surface area (Å²) in [6.07, 6.45) is 0.501. The van der Waals surface area contributed by atoms with E-state index in [0.29, 0.717) is 18.6 Å². The van der Waals surface area contributed by atoms with E-state index in [-0.39, 0.29) is 25.3 Å². The van der Waals surface area contributed by atoms with E-state index >= 15 is 0 Å². The predicted octanol–water partition coefficient (Wildman–Crippen LogP) is 0.534. The number of hydrogen-bond donors (Lipinski definition) is 3. The molecule has 1 saturated heterocycles. The highest BCUT2D eigenvalue weighted by Gasteiger charge is 2.32. The molecule has 1 heterocycles. The Hall–Kier alpha value is -2.03. The van der Waals surface area contributed by atoms with Crippen LogP contribution in [0.5, 0.6) is 0 Å². The smallest absolute Gasteiger partial charge is 0.343 e. The summed E-state index contributed by atoms with van der Waals surface area (Å²) in [5, 5.41) is 33.0. The zero-order valence-electron chi connectivity index (χ0n) is 11.2. The van der Waals surface area contributed by atoms with Gasteiger partial charge in [0.1, 0.15) is 11.2 Å². The number of nitro groups is 1. The lowest BCUT2D eigenvalue weighted by Gasteiger charge is -2.21. The number of ether oxygens (including phenoxy) is 1. The number of carboxylic acids is 1. The fraction of sp³-hybridized carbons (Fsp3) is 0.462. The molecule has 1 aliphatic rings. The lowest BCUT2D eigenvalue weighted by Crippen LogP contribution is -2.40. The summed E-state index contributed by atoms with van der Waals surface area (Å²) in [5.41, 5.74) is -1.43. The molecule has 0 bridgehead atoms. The summed E-state index contributed by atoms with van der Waals surface area (Å²) < 4.78 is 5.10. The molecule has 21 heavy (non-hydrogen) atoms. The Balaban J connectivity index is 2.11. The molecule has 1 unspecified atom stereocenters. The maximum absolute atomic E-state index is 11.2. The molecule has 1 fully saturated rings. The number of hydrogen-bond acceptors (Lipinski definition) is 6. The molecule has 1 aliphatic heterocycles. The molecule has 3 N–H and O–H groups in total. The fourth-order valence-corrected chi connectivity index (χ4v) is 2.30. The van der Waals surface area contributed by atoms with Crippen molar-refractivity contribution in [1.82, 2.24) is 5.32 Å². The highest BCUT2D eigenvalue weighted by Crippen LogP contribution is 2.23. The van der Waals surface area contributed by atoms with Crippen LogP contribution in [0.25, 0.3) is 0 Å². The molecule has 0 radical (unpaired) electrons. The molecule has 0 aliphatic carbocycles. The van der Waals surface area contributed by atoms with Gasteiger partial charge in [0.05, 0.1) is 11.5 Å². The van der Waals surface area contributed by atoms with Crippen LogP contribution in [-0.4, -0.2) is 46.5 Å². The first-order valence-electron chi connectivity index (χ1n) is 6.43. The van der Waals surface area contributed by atoms with E-state index in [4.69, 9.17) is 9.84 Å². The van der Waals surface area contributed by atoms with Gasteiger partial charge in [-0.15, -0.1) is 0 Å². The fourth-order valence-electron chi connectivity index (χ4n) is 2.30. The number of rotatable bonds is 6. The Kier molecular flexibility index (Phi) is 4.51. The molecule has 0 amide bonds. The Bertz CT molecular complexity index is 554. The van der Waals surface area contributed by atoms with Gasteiger partial charge in [-0.25, -0.2) is 4.79 Å². The number of nitro benzene ring substituents is 1. The van der Waals surface area contributed by atoms with E-state index in [0.717, 1.165) is 6.07 Å². The lowest BCUT2D eigenvalue weighted by atomic mass is 10.0. The summed E-state index contributed by atoms with van der Waals surface area (Å²) in [6, 6.07) is 4.11. The second kappa shape index (κ2) is 6.17. The SMILES string of the molecule is O=C(O)c1c(CNCC2(O)CCOC2)cccc1[N+](=O)[O-]. The van der Waals surface area contributed by atoms with Crippen LogP contribution < -0.4 is 5.32 Å². The zero-order chi connectivity index (χ0) is 15.5. The van der Waals surface area contributed by atoms with Crippen molar-refractivity contribution in [3.8, 4) is 0 Å². The Morgan fingerprint density at radius 3 is 2.86 bits per heavy atom. The van der Waals surface area contributed by atoms with E-state index in [1.807, 2.05) is 0 Å². The lowest BCUT2D eigenvalue weighted by molar-refractivity contribution is -0.385. The summed E-state index contributed by atoms with van der Waals surface area (Å²) in [4.78, 5) is 21.4. The Morgan fingerprint density at radius 1 is 1.52 bits per heavy atom. The van der Waals surface area contributed by atoms with Crippen LogP contribution in [0.2, 0.25) is 0 Å². The van der Waals surface area contributed by atoms with Gasteiger partial charge in [-0.2, -0.15) is 0 Å². The third-order valence-corrected chi connectivity index (χ3v) is 3.39. The van der Waals surface area contributed by atoms with E-state index in [1.165, 1.54) is 12.1 Å². The van der Waals surface area contributed by atoms with Crippen LogP contribution in [0, 0.1) is 10.1 Å². The van der Waals surface area contributed by atoms with Crippen molar-refractivity contribution in [3.05, 3.63) is 39.4 Å². The monoisotopic (exact) mass is 296 g/mol. The van der Waals surface area contributed by atoms with Gasteiger partial charge < -0.3 is 20.3 Å². The number of carboxylic acid groups (broad SMARTS) is 1. The minimum absolute atomic E-state index is 0.117. The number of nitrogens with zero attached hydrogens (tertiary/aromatic N) is 1. The van der Waals surface area contributed by atoms with E-state index in [9.17, 15) is 20.0 Å². The summed E-state index contributed by atoms with van der Waals surface area (Å²) in [6.45, 7) is 1.05. The minimum atomic E-state index is -1.35. The third-order valence-electron chi connectivity index (χ3n) is 3.39. The second-order valence-corrected chi connectivity index (χ2v) is 5.00. The van der Waals surface area contributed by atoms with Crippen LogP contribution in [0.4, 0.5) is 5.69 Å². The van der Waals surface area contributed by atoms with Gasteiger partial charge in [-0.05, 0) is 5.56 Å². The summed E-state index contributed by atoms with van der Waals surface area (Å²) in [5.74, 6) is -1.35. The Labute approximate surface area is 120 Å². The van der Waals surface area contributed by atoms with Crippen molar-refractivity contribution in [3.63, 3.8) is 0 Å². The molecular weight excluding hydrogens is 280 g/mol. The average Bonchev–Trinajstić information content (AvgIpc) is 2.85. The number of aliphatic hydroxyl groups is 1. The molecule has 0 saturated carbocycles. The van der Waals surface area contributed by atoms with Gasteiger partial charge in [-0.3, -0.25) is 10.1 Å². The van der Waals surface area contributed by atoms with Crippen LogP contribution in [0.3, 0.4) is 0 Å². The van der Waals surface area contributed by atoms with Gasteiger partial charge in [0.25, 0.3) is 5.69 Å². The first kappa shape index (κ1) is 15.4. The normalized spacial score (nSPS) is 21.4. The molecule has 114 valence electrons. The van der Waals surface area contributed by atoms with Crippen molar-refractivity contribution in [2.75, 3.05) is 19.8 Å². The molecule has 8 heteroatoms. The van der Waals surface area contributed by atoms with Crippen molar-refractivity contribution in [1.29, 1.82) is 0 Å². The van der Waals surface area contributed by atoms with Gasteiger partial charge in [0.15, 0.2) is 0 Å². The van der Waals surface area contributed by atoms with Gasteiger partial charge in [0.2, 0.25) is 0 Å². The van der Waals surface area contributed by atoms with Crippen LogP contribution in [0.1, 0.15) is 22.3 Å². The van der Waals surface area contributed by atoms with Crippen LogP contribution in [-0.2, 0) is 11.3 Å². The van der Waals surface area contributed by atoms with Crippen LogP contribution in [0.15, 0.2) is 18.2 Å². The average molecular weight is 296 g/mol. The van der Waals surface area contributed by atoms with E-state index in [2.05, 4.69) is 5.32 Å². The van der Waals surface area contributed by atoms with Crippen molar-refractivity contribution in [2.24, 2.45) is 0 Å². The highest BCUT2D eigenvalue weighted by atomic mass is 16.6.